The summed E-state index contributed by atoms with van der Waals surface area (Å²) in [5.74, 6) is 0.157. The van der Waals surface area contributed by atoms with E-state index in [1.807, 2.05) is 6.08 Å². The Hall–Kier alpha value is -1.10. The SMILES string of the molecule is CO[C@]1(O)CC[C@H]2[C@@H]3C=CC4=C(O)C(O)C=C[C@]4(C)[C@H]3CC[C@@]21C. The van der Waals surface area contributed by atoms with Gasteiger partial charge in [0.25, 0.3) is 0 Å². The fourth-order valence-electron chi connectivity index (χ4n) is 6.18. The van der Waals surface area contributed by atoms with Crippen LogP contribution in [0.3, 0.4) is 0 Å². The summed E-state index contributed by atoms with van der Waals surface area (Å²) in [7, 11) is 1.61. The first-order valence-corrected chi connectivity index (χ1v) is 9.03. The number of ether oxygens (including phenoxy) is 1. The minimum atomic E-state index is -1.03. The summed E-state index contributed by atoms with van der Waals surface area (Å²) in [6.07, 6.45) is 10.6. The first-order chi connectivity index (χ1) is 11.3. The first-order valence-electron chi connectivity index (χ1n) is 9.03. The van der Waals surface area contributed by atoms with Crippen LogP contribution in [0.4, 0.5) is 0 Å². The minimum Gasteiger partial charge on any atom is -0.509 e. The second-order valence-corrected chi connectivity index (χ2v) is 8.52. The molecule has 4 aliphatic carbocycles. The van der Waals surface area contributed by atoms with Gasteiger partial charge in [0.15, 0.2) is 5.79 Å². The van der Waals surface area contributed by atoms with Gasteiger partial charge in [0.1, 0.15) is 11.9 Å². The van der Waals surface area contributed by atoms with E-state index >= 15 is 0 Å². The van der Waals surface area contributed by atoms with Crippen molar-refractivity contribution in [1.29, 1.82) is 0 Å². The largest absolute Gasteiger partial charge is 0.509 e. The maximum absolute atomic E-state index is 11.0. The molecular weight excluding hydrogens is 304 g/mol. The Labute approximate surface area is 143 Å². The fourth-order valence-corrected chi connectivity index (χ4v) is 6.18. The van der Waals surface area contributed by atoms with Crippen LogP contribution in [0.15, 0.2) is 35.6 Å². The van der Waals surface area contributed by atoms with E-state index in [0.29, 0.717) is 24.2 Å². The van der Waals surface area contributed by atoms with Crippen LogP contribution in [-0.2, 0) is 4.74 Å². The van der Waals surface area contributed by atoms with E-state index < -0.39 is 11.9 Å². The lowest BCUT2D eigenvalue weighted by molar-refractivity contribution is -0.260. The standard InChI is InChI=1S/C20H28O4/c1-18-9-8-16(21)17(22)15(18)5-4-12-13(18)6-10-19(2)14(12)7-11-20(19,23)24-3/h4-5,8-9,12-14,16,21-23H,6-7,10-11H2,1-3H3/t12-,13+,14+,16?,18-,19+,20-/m1/s1. The molecule has 2 fully saturated rings. The molecule has 4 aliphatic rings. The van der Waals surface area contributed by atoms with Crippen molar-refractivity contribution in [3.05, 3.63) is 35.6 Å². The zero-order chi connectivity index (χ0) is 17.3. The van der Waals surface area contributed by atoms with Gasteiger partial charge in [0, 0.05) is 29.9 Å². The third-order valence-electron chi connectivity index (χ3n) is 7.76. The van der Waals surface area contributed by atoms with Gasteiger partial charge in [0.05, 0.1) is 0 Å². The van der Waals surface area contributed by atoms with E-state index in [-0.39, 0.29) is 16.6 Å². The molecule has 4 heteroatoms. The van der Waals surface area contributed by atoms with Gasteiger partial charge in [0.2, 0.25) is 0 Å². The Morgan fingerprint density at radius 3 is 2.54 bits per heavy atom. The number of methoxy groups -OCH3 is 1. The van der Waals surface area contributed by atoms with Crippen molar-refractivity contribution in [1.82, 2.24) is 0 Å². The van der Waals surface area contributed by atoms with Gasteiger partial charge in [-0.05, 0) is 37.0 Å². The second kappa shape index (κ2) is 4.96. The van der Waals surface area contributed by atoms with Gasteiger partial charge in [-0.2, -0.15) is 0 Å². The van der Waals surface area contributed by atoms with Crippen LogP contribution in [-0.4, -0.2) is 34.3 Å². The average Bonchev–Trinajstić information content (AvgIpc) is 2.84. The molecule has 0 bridgehead atoms. The van der Waals surface area contributed by atoms with Gasteiger partial charge in [-0.15, -0.1) is 0 Å². The normalized spacial score (nSPS) is 52.9. The molecule has 0 aromatic carbocycles. The molecule has 1 unspecified atom stereocenters. The first kappa shape index (κ1) is 16.4. The molecule has 0 aromatic rings. The lowest BCUT2D eigenvalue weighted by Gasteiger charge is -2.56. The zero-order valence-corrected chi connectivity index (χ0v) is 14.7. The van der Waals surface area contributed by atoms with E-state index in [9.17, 15) is 15.3 Å². The summed E-state index contributed by atoms with van der Waals surface area (Å²) in [5.41, 5.74) is 0.366. The van der Waals surface area contributed by atoms with Crippen LogP contribution in [0.2, 0.25) is 0 Å². The van der Waals surface area contributed by atoms with Crippen molar-refractivity contribution < 1.29 is 20.1 Å². The Balaban J connectivity index is 1.77. The van der Waals surface area contributed by atoms with Crippen LogP contribution < -0.4 is 0 Å². The molecule has 3 N–H and O–H groups in total. The van der Waals surface area contributed by atoms with Crippen molar-refractivity contribution in [2.24, 2.45) is 28.6 Å². The summed E-state index contributed by atoms with van der Waals surface area (Å²) in [6.45, 7) is 4.34. The van der Waals surface area contributed by atoms with E-state index in [1.165, 1.54) is 0 Å². The minimum absolute atomic E-state index is 0.0860. The molecule has 4 nitrogen and oxygen atoms in total. The molecule has 132 valence electrons. The van der Waals surface area contributed by atoms with Crippen molar-refractivity contribution in [2.75, 3.05) is 7.11 Å². The highest BCUT2D eigenvalue weighted by Crippen LogP contribution is 2.65. The number of hydrogen-bond donors (Lipinski definition) is 3. The molecule has 2 saturated carbocycles. The third kappa shape index (κ3) is 1.80. The number of aliphatic hydroxyl groups excluding tert-OH is 2. The quantitative estimate of drug-likeness (QED) is 0.510. The Morgan fingerprint density at radius 1 is 1.12 bits per heavy atom. The van der Waals surface area contributed by atoms with E-state index in [4.69, 9.17) is 4.74 Å². The van der Waals surface area contributed by atoms with Crippen LogP contribution >= 0.6 is 0 Å². The molecule has 4 rings (SSSR count). The maximum atomic E-state index is 11.0. The van der Waals surface area contributed by atoms with Crippen LogP contribution in [0.25, 0.3) is 0 Å². The highest BCUT2D eigenvalue weighted by atomic mass is 16.6. The summed E-state index contributed by atoms with van der Waals surface area (Å²) in [5, 5.41) is 31.3. The van der Waals surface area contributed by atoms with Crippen LogP contribution in [0.5, 0.6) is 0 Å². The van der Waals surface area contributed by atoms with Crippen LogP contribution in [0.1, 0.15) is 39.5 Å². The van der Waals surface area contributed by atoms with Crippen molar-refractivity contribution in [3.8, 4) is 0 Å². The highest BCUT2D eigenvalue weighted by molar-refractivity contribution is 5.44. The Bertz CT molecular complexity index is 650. The lowest BCUT2D eigenvalue weighted by Crippen LogP contribution is -2.54. The number of hydrogen-bond acceptors (Lipinski definition) is 4. The topological polar surface area (TPSA) is 69.9 Å². The van der Waals surface area contributed by atoms with Crippen molar-refractivity contribution >= 4 is 0 Å². The number of rotatable bonds is 1. The number of aliphatic hydroxyl groups is 3. The molecule has 0 aromatic heterocycles. The van der Waals surface area contributed by atoms with Crippen LogP contribution in [0, 0.1) is 28.6 Å². The zero-order valence-electron chi connectivity index (χ0n) is 14.7. The van der Waals surface area contributed by atoms with Gasteiger partial charge < -0.3 is 20.1 Å². The molecule has 0 radical (unpaired) electrons. The maximum Gasteiger partial charge on any atom is 0.170 e. The van der Waals surface area contributed by atoms with E-state index in [2.05, 4.69) is 26.0 Å². The predicted octanol–water partition coefficient (Wildman–Crippen LogP) is 3.08. The molecule has 0 spiro atoms. The monoisotopic (exact) mass is 332 g/mol. The summed E-state index contributed by atoms with van der Waals surface area (Å²) < 4.78 is 5.55. The Morgan fingerprint density at radius 2 is 1.83 bits per heavy atom. The average molecular weight is 332 g/mol. The molecule has 7 atom stereocenters. The lowest BCUT2D eigenvalue weighted by atomic mass is 9.50. The Kier molecular flexibility index (Phi) is 3.39. The molecule has 0 aliphatic heterocycles. The van der Waals surface area contributed by atoms with E-state index in [0.717, 1.165) is 24.8 Å². The number of allylic oxidation sites excluding steroid dienone is 4. The molecule has 0 heterocycles. The van der Waals surface area contributed by atoms with Gasteiger partial charge in [-0.3, -0.25) is 0 Å². The summed E-state index contributed by atoms with van der Waals surface area (Å²) in [4.78, 5) is 0. The fraction of sp³-hybridized carbons (Fsp3) is 0.700. The number of fused-ring (bicyclic) bond motifs is 5. The molecular formula is C20H28O4. The predicted molar refractivity (Wildman–Crippen MR) is 91.1 cm³/mol. The van der Waals surface area contributed by atoms with Gasteiger partial charge in [-0.25, -0.2) is 0 Å². The van der Waals surface area contributed by atoms with Crippen molar-refractivity contribution in [2.45, 2.75) is 51.4 Å². The third-order valence-corrected chi connectivity index (χ3v) is 7.76. The van der Waals surface area contributed by atoms with E-state index in [1.54, 1.807) is 13.2 Å². The molecule has 0 amide bonds. The smallest absolute Gasteiger partial charge is 0.170 e. The summed E-state index contributed by atoms with van der Waals surface area (Å²) in [6, 6.07) is 0. The second-order valence-electron chi connectivity index (χ2n) is 8.52. The molecule has 0 saturated heterocycles. The van der Waals surface area contributed by atoms with Gasteiger partial charge >= 0.3 is 0 Å². The van der Waals surface area contributed by atoms with Gasteiger partial charge in [-0.1, -0.05) is 38.2 Å². The highest BCUT2D eigenvalue weighted by Gasteiger charge is 2.63. The van der Waals surface area contributed by atoms with Crippen molar-refractivity contribution in [3.63, 3.8) is 0 Å². The molecule has 24 heavy (non-hydrogen) atoms. The summed E-state index contributed by atoms with van der Waals surface area (Å²) >= 11 is 0.